The molecule has 0 bridgehead atoms. The zero-order valence-electron chi connectivity index (χ0n) is 9.61. The van der Waals surface area contributed by atoms with Gasteiger partial charge in [-0.3, -0.25) is 14.9 Å². The van der Waals surface area contributed by atoms with Crippen LogP contribution in [-0.2, 0) is 20.9 Å². The average Bonchev–Trinajstić information content (AvgIpc) is 2.37. The van der Waals surface area contributed by atoms with Gasteiger partial charge in [-0.1, -0.05) is 23.7 Å². The Labute approximate surface area is 109 Å². The van der Waals surface area contributed by atoms with Crippen molar-refractivity contribution in [3.8, 4) is 0 Å². The Morgan fingerprint density at radius 2 is 2.33 bits per heavy atom. The minimum absolute atomic E-state index is 0.117. The van der Waals surface area contributed by atoms with Crippen LogP contribution in [0.3, 0.4) is 0 Å². The summed E-state index contributed by atoms with van der Waals surface area (Å²) < 4.78 is 5.15. The largest absolute Gasteiger partial charge is 0.460 e. The fourth-order valence-electron chi connectivity index (χ4n) is 1.61. The van der Waals surface area contributed by atoms with Crippen molar-refractivity contribution < 1.29 is 14.3 Å². The molecule has 2 N–H and O–H groups in total. The summed E-state index contributed by atoms with van der Waals surface area (Å²) in [7, 11) is 0. The summed E-state index contributed by atoms with van der Waals surface area (Å²) >= 11 is 5.82. The molecule has 1 heterocycles. The predicted octanol–water partition coefficient (Wildman–Crippen LogP) is 0.471. The van der Waals surface area contributed by atoms with Crippen molar-refractivity contribution >= 4 is 23.5 Å². The first kappa shape index (κ1) is 12.9. The van der Waals surface area contributed by atoms with E-state index in [1.54, 1.807) is 18.2 Å². The maximum Gasteiger partial charge on any atom is 0.325 e. The zero-order chi connectivity index (χ0) is 13.0. The van der Waals surface area contributed by atoms with Gasteiger partial charge in [0.2, 0.25) is 5.91 Å². The molecule has 6 heteroatoms. The maximum absolute atomic E-state index is 11.7. The number of ether oxygens (including phenoxy) is 1. The van der Waals surface area contributed by atoms with Gasteiger partial charge in [0.25, 0.3) is 0 Å². The number of piperazine rings is 1. The third-order valence-corrected chi connectivity index (χ3v) is 2.80. The molecule has 0 aromatic heterocycles. The van der Waals surface area contributed by atoms with E-state index in [-0.39, 0.29) is 31.6 Å². The van der Waals surface area contributed by atoms with Crippen LogP contribution < -0.4 is 10.6 Å². The minimum atomic E-state index is -0.484. The van der Waals surface area contributed by atoms with E-state index in [1.807, 2.05) is 6.07 Å². The van der Waals surface area contributed by atoms with Gasteiger partial charge in [0, 0.05) is 11.6 Å². The number of rotatable bonds is 3. The van der Waals surface area contributed by atoms with Gasteiger partial charge < -0.3 is 10.1 Å². The van der Waals surface area contributed by atoms with E-state index in [1.165, 1.54) is 0 Å². The molecule has 18 heavy (non-hydrogen) atoms. The average molecular weight is 269 g/mol. The molecule has 2 rings (SSSR count). The zero-order valence-corrected chi connectivity index (χ0v) is 10.4. The number of hydrogen-bond donors (Lipinski definition) is 2. The highest BCUT2D eigenvalue weighted by atomic mass is 35.5. The van der Waals surface area contributed by atoms with E-state index in [2.05, 4.69) is 10.6 Å². The molecule has 1 atom stereocenters. The van der Waals surface area contributed by atoms with Crippen LogP contribution in [-0.4, -0.2) is 31.0 Å². The summed E-state index contributed by atoms with van der Waals surface area (Å²) in [5.41, 5.74) is 0.829. The molecule has 1 amide bonds. The second-order valence-corrected chi connectivity index (χ2v) is 4.41. The molecule has 1 aromatic carbocycles. The Balaban J connectivity index is 1.83. The van der Waals surface area contributed by atoms with Crippen LogP contribution in [0.25, 0.3) is 0 Å². The van der Waals surface area contributed by atoms with E-state index < -0.39 is 6.04 Å². The van der Waals surface area contributed by atoms with Crippen molar-refractivity contribution in [3.05, 3.63) is 34.9 Å². The Hall–Kier alpha value is -1.59. The first-order valence-corrected chi connectivity index (χ1v) is 5.94. The lowest BCUT2D eigenvalue weighted by atomic mass is 10.2. The number of hydrogen-bond acceptors (Lipinski definition) is 4. The van der Waals surface area contributed by atoms with Crippen molar-refractivity contribution in [2.75, 3.05) is 13.1 Å². The van der Waals surface area contributed by atoms with Crippen LogP contribution in [0.1, 0.15) is 5.56 Å². The molecule has 1 unspecified atom stereocenters. The van der Waals surface area contributed by atoms with Crippen LogP contribution in [0.15, 0.2) is 24.3 Å². The number of carbonyl (C=O) groups is 2. The van der Waals surface area contributed by atoms with Gasteiger partial charge in [-0.25, -0.2) is 0 Å². The fraction of sp³-hybridized carbons (Fsp3) is 0.333. The highest BCUT2D eigenvalue weighted by Crippen LogP contribution is 2.11. The van der Waals surface area contributed by atoms with Crippen LogP contribution in [0.4, 0.5) is 0 Å². The second-order valence-electron chi connectivity index (χ2n) is 3.98. The Morgan fingerprint density at radius 3 is 3.00 bits per heavy atom. The van der Waals surface area contributed by atoms with Gasteiger partial charge in [0.15, 0.2) is 0 Å². The normalized spacial score (nSPS) is 19.2. The predicted molar refractivity (Wildman–Crippen MR) is 66.0 cm³/mol. The van der Waals surface area contributed by atoms with Crippen LogP contribution in [0, 0.1) is 0 Å². The standard InChI is InChI=1S/C12H13ClN2O3/c13-9-3-1-2-8(4-9)7-18-12(17)10-5-15-11(16)6-14-10/h1-4,10,14H,5-7H2,(H,15,16). The van der Waals surface area contributed by atoms with Crippen LogP contribution >= 0.6 is 11.6 Å². The van der Waals surface area contributed by atoms with Crippen LogP contribution in [0.2, 0.25) is 5.02 Å². The van der Waals surface area contributed by atoms with Crippen molar-refractivity contribution in [1.29, 1.82) is 0 Å². The molecule has 1 fully saturated rings. The molecule has 1 aliphatic rings. The first-order chi connectivity index (χ1) is 8.65. The summed E-state index contributed by atoms with van der Waals surface area (Å²) in [5, 5.41) is 6.00. The molecule has 5 nitrogen and oxygen atoms in total. The molecule has 0 radical (unpaired) electrons. The van der Waals surface area contributed by atoms with E-state index >= 15 is 0 Å². The topological polar surface area (TPSA) is 67.4 Å². The fourth-order valence-corrected chi connectivity index (χ4v) is 1.83. The van der Waals surface area contributed by atoms with Crippen molar-refractivity contribution in [3.63, 3.8) is 0 Å². The smallest absolute Gasteiger partial charge is 0.325 e. The van der Waals surface area contributed by atoms with E-state index in [0.717, 1.165) is 5.56 Å². The number of esters is 1. The number of amides is 1. The molecule has 0 saturated carbocycles. The molecular weight excluding hydrogens is 256 g/mol. The summed E-state index contributed by atoms with van der Waals surface area (Å²) in [6.07, 6.45) is 0. The van der Waals surface area contributed by atoms with Gasteiger partial charge in [0.05, 0.1) is 6.54 Å². The van der Waals surface area contributed by atoms with Gasteiger partial charge in [0.1, 0.15) is 12.6 Å². The number of benzene rings is 1. The summed E-state index contributed by atoms with van der Waals surface area (Å²) in [4.78, 5) is 22.6. The quantitative estimate of drug-likeness (QED) is 0.782. The molecule has 0 spiro atoms. The van der Waals surface area contributed by atoms with Gasteiger partial charge in [-0.2, -0.15) is 0 Å². The highest BCUT2D eigenvalue weighted by molar-refractivity contribution is 6.30. The Bertz CT molecular complexity index is 454. The Kier molecular flexibility index (Phi) is 4.17. The summed E-state index contributed by atoms with van der Waals surface area (Å²) in [5.74, 6) is -0.496. The number of carbonyl (C=O) groups excluding carboxylic acids is 2. The van der Waals surface area contributed by atoms with Crippen molar-refractivity contribution in [2.45, 2.75) is 12.6 Å². The highest BCUT2D eigenvalue weighted by Gasteiger charge is 2.24. The SMILES string of the molecule is O=C1CNC(C(=O)OCc2cccc(Cl)c2)CN1. The molecule has 1 aromatic rings. The molecular formula is C12H13ClN2O3. The number of nitrogens with one attached hydrogen (secondary N) is 2. The number of halogens is 1. The van der Waals surface area contributed by atoms with Crippen molar-refractivity contribution in [1.82, 2.24) is 10.6 Å². The Morgan fingerprint density at radius 1 is 1.50 bits per heavy atom. The molecule has 0 aliphatic carbocycles. The summed E-state index contributed by atoms with van der Waals surface area (Å²) in [6.45, 7) is 0.565. The third-order valence-electron chi connectivity index (χ3n) is 2.57. The molecule has 1 saturated heterocycles. The lowest BCUT2D eigenvalue weighted by Crippen LogP contribution is -2.55. The molecule has 96 valence electrons. The van der Waals surface area contributed by atoms with Gasteiger partial charge in [-0.15, -0.1) is 0 Å². The summed E-state index contributed by atoms with van der Waals surface area (Å²) in [6, 6.07) is 6.64. The third kappa shape index (κ3) is 3.45. The van der Waals surface area contributed by atoms with Gasteiger partial charge >= 0.3 is 5.97 Å². The van der Waals surface area contributed by atoms with E-state index in [0.29, 0.717) is 5.02 Å². The van der Waals surface area contributed by atoms with Crippen LogP contribution in [0.5, 0.6) is 0 Å². The monoisotopic (exact) mass is 268 g/mol. The maximum atomic E-state index is 11.7. The first-order valence-electron chi connectivity index (χ1n) is 5.56. The lowest BCUT2D eigenvalue weighted by Gasteiger charge is -2.22. The minimum Gasteiger partial charge on any atom is -0.460 e. The van der Waals surface area contributed by atoms with Gasteiger partial charge in [-0.05, 0) is 17.7 Å². The lowest BCUT2D eigenvalue weighted by molar-refractivity contribution is -0.148. The second kappa shape index (κ2) is 5.84. The van der Waals surface area contributed by atoms with E-state index in [4.69, 9.17) is 16.3 Å². The van der Waals surface area contributed by atoms with Crippen molar-refractivity contribution in [2.24, 2.45) is 0 Å². The van der Waals surface area contributed by atoms with E-state index in [9.17, 15) is 9.59 Å². The molecule has 1 aliphatic heterocycles.